The first-order valence-corrected chi connectivity index (χ1v) is 3.19. The molecule has 8 heteroatoms. The highest BCUT2D eigenvalue weighted by Crippen LogP contribution is 1.77. The van der Waals surface area contributed by atoms with Crippen LogP contribution in [0.25, 0.3) is 0 Å². The summed E-state index contributed by atoms with van der Waals surface area (Å²) in [4.78, 5) is 3.68. The van der Waals surface area contributed by atoms with Gasteiger partial charge < -0.3 is 23.0 Å². The molecule has 0 aromatic rings. The second kappa shape index (κ2) is 5.02. The summed E-state index contributed by atoms with van der Waals surface area (Å²) in [6.07, 6.45) is 0. The molecule has 0 saturated carbocycles. The molecule has 10 N–H and O–H groups in total. The molecule has 12 heavy (non-hydrogen) atoms. The van der Waals surface area contributed by atoms with Crippen molar-refractivity contribution in [2.24, 2.45) is 39.0 Å². The van der Waals surface area contributed by atoms with Gasteiger partial charge in [-0.3, -0.25) is 10.0 Å². The van der Waals surface area contributed by atoms with E-state index in [0.717, 1.165) is 5.01 Å². The molecule has 0 unspecified atom stereocenters. The number of hydrazine groups is 1. The molecule has 0 amide bonds. The van der Waals surface area contributed by atoms with Gasteiger partial charge in [0, 0.05) is 0 Å². The fourth-order valence-electron chi connectivity index (χ4n) is 0.476. The van der Waals surface area contributed by atoms with E-state index >= 15 is 0 Å². The molecule has 0 atom stereocenters. The minimum absolute atomic E-state index is 0.00617. The van der Waals surface area contributed by atoms with Crippen LogP contribution in [0, 0.1) is 0 Å². The van der Waals surface area contributed by atoms with Crippen molar-refractivity contribution in [2.75, 3.05) is 13.1 Å². The van der Waals surface area contributed by atoms with E-state index in [1.54, 1.807) is 0 Å². The van der Waals surface area contributed by atoms with Crippen molar-refractivity contribution >= 4 is 11.9 Å². The first-order valence-electron chi connectivity index (χ1n) is 3.19. The van der Waals surface area contributed by atoms with Crippen molar-refractivity contribution in [3.8, 4) is 0 Å². The van der Waals surface area contributed by atoms with Crippen LogP contribution in [0.5, 0.6) is 0 Å². The molecule has 0 bridgehead atoms. The number of nitrogens with two attached hydrogens (primary N) is 5. The SMILES string of the molecule is NN=C(N)N(N)CCN=C(N)N. The van der Waals surface area contributed by atoms with Gasteiger partial charge in [-0.05, 0) is 0 Å². The van der Waals surface area contributed by atoms with Crippen molar-refractivity contribution in [3.63, 3.8) is 0 Å². The standard InChI is InChI=1S/C4H14N8/c5-3(6)10-1-2-12(9)4(7)11-8/h1-2,8-9H2,(H2,7,11)(H4,5,6,10). The molecule has 0 spiro atoms. The zero-order valence-electron chi connectivity index (χ0n) is 6.64. The van der Waals surface area contributed by atoms with Crippen LogP contribution >= 0.6 is 0 Å². The van der Waals surface area contributed by atoms with Crippen LogP contribution < -0.4 is 28.9 Å². The summed E-state index contributed by atoms with van der Waals surface area (Å²) < 4.78 is 0. The highest BCUT2D eigenvalue weighted by Gasteiger charge is 1.99. The first-order chi connectivity index (χ1) is 5.57. The van der Waals surface area contributed by atoms with E-state index in [1.165, 1.54) is 0 Å². The number of guanidine groups is 2. The summed E-state index contributed by atoms with van der Waals surface area (Å²) in [5.41, 5.74) is 15.4. The molecule has 0 aromatic heterocycles. The van der Waals surface area contributed by atoms with Crippen molar-refractivity contribution in [1.82, 2.24) is 5.01 Å². The lowest BCUT2D eigenvalue weighted by molar-refractivity contribution is 0.444. The van der Waals surface area contributed by atoms with Crippen LogP contribution in [0.1, 0.15) is 0 Å². The van der Waals surface area contributed by atoms with Crippen LogP contribution in [-0.4, -0.2) is 30.0 Å². The summed E-state index contributed by atoms with van der Waals surface area (Å²) in [7, 11) is 0. The van der Waals surface area contributed by atoms with E-state index in [0.29, 0.717) is 13.1 Å². The lowest BCUT2D eigenvalue weighted by atomic mass is 10.6. The third-order valence-electron chi connectivity index (χ3n) is 1.06. The quantitative estimate of drug-likeness (QED) is 0.130. The Kier molecular flexibility index (Phi) is 4.31. The van der Waals surface area contributed by atoms with Gasteiger partial charge in [0.25, 0.3) is 0 Å². The van der Waals surface area contributed by atoms with E-state index in [1.807, 2.05) is 0 Å². The van der Waals surface area contributed by atoms with Gasteiger partial charge in [0.05, 0.1) is 13.1 Å². The smallest absolute Gasteiger partial charge is 0.227 e. The van der Waals surface area contributed by atoms with E-state index in [9.17, 15) is 0 Å². The highest BCUT2D eigenvalue weighted by molar-refractivity contribution is 5.77. The van der Waals surface area contributed by atoms with E-state index in [4.69, 9.17) is 28.9 Å². The molecule has 0 aliphatic heterocycles. The van der Waals surface area contributed by atoms with E-state index < -0.39 is 0 Å². The molecule has 70 valence electrons. The summed E-state index contributed by atoms with van der Waals surface area (Å²) in [6.45, 7) is 0.694. The van der Waals surface area contributed by atoms with Crippen molar-refractivity contribution < 1.29 is 0 Å². The van der Waals surface area contributed by atoms with Gasteiger partial charge >= 0.3 is 0 Å². The third kappa shape index (κ3) is 4.17. The summed E-state index contributed by atoms with van der Waals surface area (Å²) >= 11 is 0. The number of nitrogens with zero attached hydrogens (tertiary/aromatic N) is 3. The minimum atomic E-state index is 0.00617. The minimum Gasteiger partial charge on any atom is -0.370 e. The summed E-state index contributed by atoms with van der Waals surface area (Å²) in [5.74, 6) is 10.3. The molecular formula is C4H14N8. The van der Waals surface area contributed by atoms with Gasteiger partial charge in [-0.1, -0.05) is 0 Å². The second-order valence-electron chi connectivity index (χ2n) is 1.99. The molecule has 0 saturated heterocycles. The number of hydrogen-bond donors (Lipinski definition) is 5. The number of hydrazone groups is 1. The number of aliphatic imine (C=N–C) groups is 1. The zero-order chi connectivity index (χ0) is 9.56. The molecule has 0 rings (SSSR count). The van der Waals surface area contributed by atoms with Crippen LogP contribution in [0.15, 0.2) is 10.1 Å². The van der Waals surface area contributed by atoms with Gasteiger partial charge in [-0.15, -0.1) is 5.10 Å². The average Bonchev–Trinajstić information content (AvgIpc) is 2.02. The maximum atomic E-state index is 5.36. The van der Waals surface area contributed by atoms with Crippen molar-refractivity contribution in [3.05, 3.63) is 0 Å². The van der Waals surface area contributed by atoms with Gasteiger partial charge in [0.15, 0.2) is 5.96 Å². The topological polar surface area (TPSA) is 158 Å². The van der Waals surface area contributed by atoms with Crippen LogP contribution in [-0.2, 0) is 0 Å². The monoisotopic (exact) mass is 174 g/mol. The predicted octanol–water partition coefficient (Wildman–Crippen LogP) is -3.38. The van der Waals surface area contributed by atoms with Crippen molar-refractivity contribution in [1.29, 1.82) is 0 Å². The van der Waals surface area contributed by atoms with Crippen molar-refractivity contribution in [2.45, 2.75) is 0 Å². The Morgan fingerprint density at radius 3 is 2.25 bits per heavy atom. The fourth-order valence-corrected chi connectivity index (χ4v) is 0.476. The van der Waals surface area contributed by atoms with E-state index in [-0.39, 0.29) is 11.9 Å². The molecule has 8 nitrogen and oxygen atoms in total. The Morgan fingerprint density at radius 1 is 1.25 bits per heavy atom. The summed E-state index contributed by atoms with van der Waals surface area (Å²) in [5, 5.41) is 4.32. The Hall–Kier alpha value is -1.70. The lowest BCUT2D eigenvalue weighted by Crippen LogP contribution is -2.45. The lowest BCUT2D eigenvalue weighted by Gasteiger charge is -2.14. The average molecular weight is 174 g/mol. The van der Waals surface area contributed by atoms with Crippen LogP contribution in [0.2, 0.25) is 0 Å². The molecular weight excluding hydrogens is 160 g/mol. The van der Waals surface area contributed by atoms with E-state index in [2.05, 4.69) is 10.1 Å². The zero-order valence-corrected chi connectivity index (χ0v) is 6.64. The number of rotatable bonds is 3. The molecule has 0 fully saturated rings. The van der Waals surface area contributed by atoms with Gasteiger partial charge in [-0.2, -0.15) is 0 Å². The van der Waals surface area contributed by atoms with Crippen LogP contribution in [0.4, 0.5) is 0 Å². The van der Waals surface area contributed by atoms with Gasteiger partial charge in [0.1, 0.15) is 0 Å². The normalized spacial score (nSPS) is 10.9. The number of hydrogen-bond acceptors (Lipinski definition) is 4. The maximum Gasteiger partial charge on any atom is 0.227 e. The third-order valence-corrected chi connectivity index (χ3v) is 1.06. The Morgan fingerprint density at radius 2 is 1.83 bits per heavy atom. The molecule has 0 heterocycles. The van der Waals surface area contributed by atoms with Gasteiger partial charge in [-0.25, -0.2) is 5.84 Å². The Balaban J connectivity index is 3.72. The van der Waals surface area contributed by atoms with Gasteiger partial charge in [0.2, 0.25) is 5.96 Å². The Labute approximate surface area is 70.0 Å². The fraction of sp³-hybridized carbons (Fsp3) is 0.500. The molecule has 0 aromatic carbocycles. The first kappa shape index (κ1) is 10.3. The molecule has 0 aliphatic carbocycles. The molecule has 0 radical (unpaired) electrons. The Bertz CT molecular complexity index is 179. The maximum absolute atomic E-state index is 5.36. The highest BCUT2D eigenvalue weighted by atomic mass is 15.5. The summed E-state index contributed by atoms with van der Waals surface area (Å²) in [6, 6.07) is 0. The van der Waals surface area contributed by atoms with Crippen LogP contribution in [0.3, 0.4) is 0 Å². The second-order valence-corrected chi connectivity index (χ2v) is 1.99. The molecule has 0 aliphatic rings. The largest absolute Gasteiger partial charge is 0.370 e. The predicted molar refractivity (Wildman–Crippen MR) is 47.4 cm³/mol.